The summed E-state index contributed by atoms with van der Waals surface area (Å²) in [6.07, 6.45) is -1.68. The Labute approximate surface area is 122 Å². The van der Waals surface area contributed by atoms with E-state index in [0.29, 0.717) is 16.8 Å². The van der Waals surface area contributed by atoms with E-state index in [9.17, 15) is 13.6 Å². The number of aldehydes is 1. The number of hydrogen-bond acceptors (Lipinski definition) is 2. The average molecular weight is 289 g/mol. The van der Waals surface area contributed by atoms with Crippen molar-refractivity contribution in [3.05, 3.63) is 53.1 Å². The summed E-state index contributed by atoms with van der Waals surface area (Å²) < 4.78 is 25.6. The van der Waals surface area contributed by atoms with Gasteiger partial charge in [-0.25, -0.2) is 8.78 Å². The van der Waals surface area contributed by atoms with Crippen molar-refractivity contribution in [3.63, 3.8) is 0 Å². The molecule has 0 saturated carbocycles. The van der Waals surface area contributed by atoms with E-state index in [2.05, 4.69) is 0 Å². The summed E-state index contributed by atoms with van der Waals surface area (Å²) in [4.78, 5) is 10.7. The van der Waals surface area contributed by atoms with E-state index in [1.54, 1.807) is 18.2 Å². The Morgan fingerprint density at radius 3 is 2.67 bits per heavy atom. The molecule has 0 aliphatic heterocycles. The highest BCUT2D eigenvalue weighted by molar-refractivity contribution is 5.73. The van der Waals surface area contributed by atoms with Crippen LogP contribution in [0.25, 0.3) is 11.1 Å². The molecule has 0 unspecified atom stereocenters. The number of aryl methyl sites for hydroxylation is 1. The maximum atomic E-state index is 12.8. The van der Waals surface area contributed by atoms with Gasteiger partial charge in [0.25, 0.3) is 0 Å². The van der Waals surface area contributed by atoms with Crippen LogP contribution in [0.3, 0.4) is 0 Å². The molecule has 0 atom stereocenters. The summed E-state index contributed by atoms with van der Waals surface area (Å²) >= 11 is 0. The molecule has 0 saturated heterocycles. The van der Waals surface area contributed by atoms with Gasteiger partial charge >= 0.3 is 0 Å². The van der Waals surface area contributed by atoms with Crippen LogP contribution < -0.4 is 5.73 Å². The van der Waals surface area contributed by atoms with Gasteiger partial charge in [-0.2, -0.15) is 0 Å². The molecule has 110 valence electrons. The highest BCUT2D eigenvalue weighted by Crippen LogP contribution is 2.30. The zero-order chi connectivity index (χ0) is 15.4. The number of benzene rings is 2. The number of rotatable bonds is 5. The first kappa shape index (κ1) is 15.2. The third-order valence-corrected chi connectivity index (χ3v) is 3.53. The van der Waals surface area contributed by atoms with Crippen LogP contribution in [-0.2, 0) is 17.6 Å². The van der Waals surface area contributed by atoms with E-state index in [-0.39, 0.29) is 12.8 Å². The molecule has 2 aromatic rings. The minimum atomic E-state index is -2.40. The second-order valence-corrected chi connectivity index (χ2v) is 4.98. The molecule has 0 aliphatic rings. The minimum absolute atomic E-state index is 0.218. The van der Waals surface area contributed by atoms with E-state index in [1.807, 2.05) is 25.1 Å². The molecule has 0 aromatic heterocycles. The number of carbonyl (C=O) groups is 1. The average Bonchev–Trinajstić information content (AvgIpc) is 2.43. The van der Waals surface area contributed by atoms with E-state index in [4.69, 9.17) is 5.73 Å². The van der Waals surface area contributed by atoms with Crippen LogP contribution in [0, 0.1) is 6.92 Å². The Morgan fingerprint density at radius 1 is 1.24 bits per heavy atom. The lowest BCUT2D eigenvalue weighted by Gasteiger charge is -2.14. The molecule has 2 rings (SSSR count). The van der Waals surface area contributed by atoms with Crippen LogP contribution in [0.15, 0.2) is 36.4 Å². The first-order valence-corrected chi connectivity index (χ1v) is 6.72. The number of halogens is 2. The van der Waals surface area contributed by atoms with Gasteiger partial charge < -0.3 is 10.5 Å². The van der Waals surface area contributed by atoms with Gasteiger partial charge in [-0.15, -0.1) is 0 Å². The highest BCUT2D eigenvalue weighted by atomic mass is 19.3. The molecule has 0 aliphatic carbocycles. The summed E-state index contributed by atoms with van der Waals surface area (Å²) in [5.41, 5.74) is 10.1. The molecule has 0 amide bonds. The first-order valence-electron chi connectivity index (χ1n) is 6.72. The minimum Gasteiger partial charge on any atom is -0.398 e. The summed E-state index contributed by atoms with van der Waals surface area (Å²) in [6.45, 7) is 1.82. The van der Waals surface area contributed by atoms with Gasteiger partial charge in [-0.1, -0.05) is 24.3 Å². The topological polar surface area (TPSA) is 43.1 Å². The van der Waals surface area contributed by atoms with Gasteiger partial charge in [0.2, 0.25) is 6.43 Å². The summed E-state index contributed by atoms with van der Waals surface area (Å²) in [7, 11) is 0. The molecule has 0 radical (unpaired) electrons. The fraction of sp³-hybridized carbons (Fsp3) is 0.235. The highest BCUT2D eigenvalue weighted by Gasteiger charge is 2.13. The number of carbonyl (C=O) groups excluding carboxylic acids is 1. The molecule has 21 heavy (non-hydrogen) atoms. The summed E-state index contributed by atoms with van der Waals surface area (Å²) in [5, 5.41) is 0. The lowest BCUT2D eigenvalue weighted by molar-refractivity contribution is -0.107. The van der Waals surface area contributed by atoms with E-state index < -0.39 is 6.43 Å². The van der Waals surface area contributed by atoms with Crippen molar-refractivity contribution in [3.8, 4) is 11.1 Å². The number of hydrogen-bond donors (Lipinski definition) is 1. The summed E-state index contributed by atoms with van der Waals surface area (Å²) in [6, 6.07) is 10.8. The number of nitrogens with two attached hydrogens (primary N) is 1. The Morgan fingerprint density at radius 2 is 2.00 bits per heavy atom. The van der Waals surface area contributed by atoms with Gasteiger partial charge in [0.15, 0.2) is 0 Å². The molecule has 0 heterocycles. The molecular weight excluding hydrogens is 272 g/mol. The molecule has 0 bridgehead atoms. The second kappa shape index (κ2) is 6.48. The van der Waals surface area contributed by atoms with Crippen LogP contribution >= 0.6 is 0 Å². The molecule has 0 spiro atoms. The predicted octanol–water partition coefficient (Wildman–Crippen LogP) is 3.79. The largest absolute Gasteiger partial charge is 0.398 e. The van der Waals surface area contributed by atoms with Crippen LogP contribution in [0.2, 0.25) is 0 Å². The van der Waals surface area contributed by atoms with Crippen molar-refractivity contribution in [2.45, 2.75) is 26.2 Å². The standard InChI is InChI=1S/C17H17F2NO/c1-11-3-2-4-14(15(11)10-17(18)19)12-5-6-16(20)13(9-12)7-8-21/h2-6,8-9,17H,7,10,20H2,1H3. The zero-order valence-corrected chi connectivity index (χ0v) is 11.8. The molecule has 2 N–H and O–H groups in total. The Kier molecular flexibility index (Phi) is 4.68. The maximum Gasteiger partial charge on any atom is 0.242 e. The van der Waals surface area contributed by atoms with E-state index in [0.717, 1.165) is 23.0 Å². The van der Waals surface area contributed by atoms with Crippen LogP contribution in [0.1, 0.15) is 16.7 Å². The number of alkyl halides is 2. The van der Waals surface area contributed by atoms with Crippen LogP contribution in [0.4, 0.5) is 14.5 Å². The Bertz CT molecular complexity index is 653. The summed E-state index contributed by atoms with van der Waals surface area (Å²) in [5.74, 6) is 0. The molecular formula is C17H17F2NO. The first-order chi connectivity index (χ1) is 10.0. The van der Waals surface area contributed by atoms with Crippen molar-refractivity contribution < 1.29 is 13.6 Å². The third kappa shape index (κ3) is 3.45. The fourth-order valence-corrected chi connectivity index (χ4v) is 2.44. The van der Waals surface area contributed by atoms with Crippen molar-refractivity contribution >= 4 is 12.0 Å². The van der Waals surface area contributed by atoms with Gasteiger partial charge in [0.1, 0.15) is 6.29 Å². The van der Waals surface area contributed by atoms with Gasteiger partial charge in [0.05, 0.1) is 0 Å². The van der Waals surface area contributed by atoms with E-state index in [1.165, 1.54) is 0 Å². The quantitative estimate of drug-likeness (QED) is 0.672. The monoisotopic (exact) mass is 289 g/mol. The van der Waals surface area contributed by atoms with Gasteiger partial charge in [-0.3, -0.25) is 0 Å². The predicted molar refractivity (Wildman–Crippen MR) is 80.5 cm³/mol. The molecule has 2 aromatic carbocycles. The van der Waals surface area contributed by atoms with Crippen LogP contribution in [0.5, 0.6) is 0 Å². The fourth-order valence-electron chi connectivity index (χ4n) is 2.44. The van der Waals surface area contributed by atoms with Crippen molar-refractivity contribution in [1.29, 1.82) is 0 Å². The maximum absolute atomic E-state index is 12.8. The number of anilines is 1. The van der Waals surface area contributed by atoms with Gasteiger partial charge in [0, 0.05) is 18.5 Å². The van der Waals surface area contributed by atoms with Crippen molar-refractivity contribution in [1.82, 2.24) is 0 Å². The smallest absolute Gasteiger partial charge is 0.242 e. The molecule has 2 nitrogen and oxygen atoms in total. The molecule has 0 fully saturated rings. The lowest BCUT2D eigenvalue weighted by Crippen LogP contribution is -2.02. The SMILES string of the molecule is Cc1cccc(-c2ccc(N)c(CC=O)c2)c1CC(F)F. The van der Waals surface area contributed by atoms with Gasteiger partial charge in [-0.05, 0) is 46.9 Å². The Hall–Kier alpha value is -2.23. The second-order valence-electron chi connectivity index (χ2n) is 4.98. The van der Waals surface area contributed by atoms with Crippen molar-refractivity contribution in [2.24, 2.45) is 0 Å². The van der Waals surface area contributed by atoms with Crippen molar-refractivity contribution in [2.75, 3.05) is 5.73 Å². The number of nitrogen functional groups attached to an aromatic ring is 1. The van der Waals surface area contributed by atoms with E-state index >= 15 is 0 Å². The van der Waals surface area contributed by atoms with Crippen LogP contribution in [-0.4, -0.2) is 12.7 Å². The zero-order valence-electron chi connectivity index (χ0n) is 11.8. The molecule has 4 heteroatoms. The third-order valence-electron chi connectivity index (χ3n) is 3.53. The Balaban J connectivity index is 2.53. The lowest BCUT2D eigenvalue weighted by atomic mass is 9.92. The normalized spacial score (nSPS) is 10.9.